The number of aromatic amines is 1. The van der Waals surface area contributed by atoms with Crippen LogP contribution in [0, 0.1) is 0 Å². The molecule has 1 fully saturated rings. The highest BCUT2D eigenvalue weighted by atomic mass is 16.5. The molecule has 0 bridgehead atoms. The average molecular weight is 378 g/mol. The van der Waals surface area contributed by atoms with Gasteiger partial charge in [-0.15, -0.1) is 0 Å². The van der Waals surface area contributed by atoms with Crippen molar-refractivity contribution in [3.63, 3.8) is 0 Å². The topological polar surface area (TPSA) is 80.3 Å². The number of H-pyrrole nitrogens is 1. The smallest absolute Gasteiger partial charge is 0.255 e. The van der Waals surface area contributed by atoms with E-state index in [0.29, 0.717) is 30.2 Å². The first kappa shape index (κ1) is 18.0. The molecule has 1 saturated heterocycles. The minimum Gasteiger partial charge on any atom is -0.493 e. The first-order valence-electron chi connectivity index (χ1n) is 9.24. The van der Waals surface area contributed by atoms with E-state index in [1.807, 2.05) is 35.2 Å². The van der Waals surface area contributed by atoms with Crippen molar-refractivity contribution < 1.29 is 14.3 Å². The van der Waals surface area contributed by atoms with Crippen molar-refractivity contribution in [2.24, 2.45) is 0 Å². The quantitative estimate of drug-likeness (QED) is 0.713. The fourth-order valence-electron chi connectivity index (χ4n) is 3.41. The maximum atomic E-state index is 12.6. The van der Waals surface area contributed by atoms with Gasteiger partial charge in [-0.25, -0.2) is 0 Å². The highest BCUT2D eigenvalue weighted by Gasteiger charge is 2.29. The van der Waals surface area contributed by atoms with Crippen LogP contribution in [0.3, 0.4) is 0 Å². The van der Waals surface area contributed by atoms with Crippen LogP contribution in [-0.2, 0) is 6.61 Å². The van der Waals surface area contributed by atoms with Crippen molar-refractivity contribution in [3.05, 3.63) is 71.8 Å². The summed E-state index contributed by atoms with van der Waals surface area (Å²) >= 11 is 0. The Balaban J connectivity index is 1.36. The molecular formula is C21H22N4O3. The summed E-state index contributed by atoms with van der Waals surface area (Å²) in [5.74, 6) is 1.63. The van der Waals surface area contributed by atoms with Gasteiger partial charge >= 0.3 is 0 Å². The lowest BCUT2D eigenvalue weighted by Crippen LogP contribution is -2.28. The third-order valence-corrected chi connectivity index (χ3v) is 4.91. The lowest BCUT2D eigenvalue weighted by Gasteiger charge is -2.15. The molecule has 0 unspecified atom stereocenters. The number of carbonyl (C=O) groups excluding carboxylic acids is 1. The summed E-state index contributed by atoms with van der Waals surface area (Å²) in [5.41, 5.74) is 2.47. The molecule has 1 amide bonds. The average Bonchev–Trinajstić information content (AvgIpc) is 3.42. The zero-order chi connectivity index (χ0) is 19.3. The van der Waals surface area contributed by atoms with Gasteiger partial charge in [0.15, 0.2) is 11.5 Å². The number of hydrogen-bond acceptors (Lipinski definition) is 5. The van der Waals surface area contributed by atoms with Gasteiger partial charge in [0, 0.05) is 31.4 Å². The molecule has 28 heavy (non-hydrogen) atoms. The van der Waals surface area contributed by atoms with Crippen molar-refractivity contribution in [1.29, 1.82) is 0 Å². The molecule has 144 valence electrons. The number of aromatic nitrogens is 3. The molecular weight excluding hydrogens is 356 g/mol. The van der Waals surface area contributed by atoms with E-state index in [2.05, 4.69) is 15.2 Å². The molecule has 1 N–H and O–H groups in total. The van der Waals surface area contributed by atoms with Gasteiger partial charge in [0.25, 0.3) is 5.91 Å². The number of hydrogen-bond donors (Lipinski definition) is 1. The van der Waals surface area contributed by atoms with Crippen molar-refractivity contribution in [3.8, 4) is 11.5 Å². The largest absolute Gasteiger partial charge is 0.493 e. The van der Waals surface area contributed by atoms with Crippen molar-refractivity contribution in [1.82, 2.24) is 20.1 Å². The molecule has 0 aliphatic carbocycles. The van der Waals surface area contributed by atoms with Crippen LogP contribution in [0.1, 0.15) is 34.1 Å². The van der Waals surface area contributed by atoms with Gasteiger partial charge in [0.1, 0.15) is 6.61 Å². The number of rotatable bonds is 6. The number of para-hydroxylation sites is 2. The summed E-state index contributed by atoms with van der Waals surface area (Å²) in [6.45, 7) is 1.75. The van der Waals surface area contributed by atoms with Gasteiger partial charge < -0.3 is 14.4 Å². The third kappa shape index (κ3) is 3.83. The van der Waals surface area contributed by atoms with E-state index >= 15 is 0 Å². The van der Waals surface area contributed by atoms with Crippen LogP contribution in [0.4, 0.5) is 0 Å². The number of likely N-dealkylation sites (tertiary alicyclic amines) is 1. The molecule has 4 rings (SSSR count). The Morgan fingerprint density at radius 3 is 2.89 bits per heavy atom. The predicted molar refractivity (Wildman–Crippen MR) is 103 cm³/mol. The van der Waals surface area contributed by atoms with E-state index in [1.165, 1.54) is 0 Å². The van der Waals surface area contributed by atoms with Crippen molar-refractivity contribution in [2.75, 3.05) is 20.2 Å². The SMILES string of the molecule is COc1ccccc1OCc1cc([C@@H]2CCN(C(=O)c3cccnc3)C2)n[nH]1. The lowest BCUT2D eigenvalue weighted by atomic mass is 10.1. The number of ether oxygens (including phenoxy) is 2. The number of nitrogens with one attached hydrogen (secondary N) is 1. The van der Waals surface area contributed by atoms with Crippen LogP contribution in [0.25, 0.3) is 0 Å². The number of carbonyl (C=O) groups is 1. The number of pyridine rings is 1. The summed E-state index contributed by atoms with van der Waals surface area (Å²) < 4.78 is 11.1. The molecule has 1 atom stereocenters. The van der Waals surface area contributed by atoms with Gasteiger partial charge in [0.2, 0.25) is 0 Å². The predicted octanol–water partition coefficient (Wildman–Crippen LogP) is 3.02. The second kappa shape index (κ2) is 8.12. The van der Waals surface area contributed by atoms with Crippen LogP contribution in [-0.4, -0.2) is 46.2 Å². The van der Waals surface area contributed by atoms with E-state index in [-0.39, 0.29) is 11.8 Å². The van der Waals surface area contributed by atoms with E-state index in [0.717, 1.165) is 24.4 Å². The third-order valence-electron chi connectivity index (χ3n) is 4.91. The fraction of sp³-hybridized carbons (Fsp3) is 0.286. The zero-order valence-corrected chi connectivity index (χ0v) is 15.7. The Morgan fingerprint density at radius 2 is 2.11 bits per heavy atom. The molecule has 2 aromatic heterocycles. The van der Waals surface area contributed by atoms with E-state index in [4.69, 9.17) is 9.47 Å². The van der Waals surface area contributed by atoms with Crippen molar-refractivity contribution in [2.45, 2.75) is 18.9 Å². The Bertz CT molecular complexity index is 942. The van der Waals surface area contributed by atoms with E-state index in [1.54, 1.807) is 31.6 Å². The minimum atomic E-state index is 0.0193. The van der Waals surface area contributed by atoms with Crippen LogP contribution in [0.15, 0.2) is 54.9 Å². The van der Waals surface area contributed by atoms with E-state index in [9.17, 15) is 4.79 Å². The molecule has 1 aliphatic rings. The van der Waals surface area contributed by atoms with Gasteiger partial charge in [-0.3, -0.25) is 14.9 Å². The van der Waals surface area contributed by atoms with Crippen LogP contribution >= 0.6 is 0 Å². The number of benzene rings is 1. The monoisotopic (exact) mass is 378 g/mol. The molecule has 3 aromatic rings. The maximum absolute atomic E-state index is 12.6. The minimum absolute atomic E-state index is 0.0193. The highest BCUT2D eigenvalue weighted by molar-refractivity contribution is 5.94. The van der Waals surface area contributed by atoms with Crippen molar-refractivity contribution >= 4 is 5.91 Å². The Labute approximate surface area is 163 Å². The second-order valence-corrected chi connectivity index (χ2v) is 6.74. The Morgan fingerprint density at radius 1 is 1.25 bits per heavy atom. The molecule has 3 heterocycles. The summed E-state index contributed by atoms with van der Waals surface area (Å²) in [6, 6.07) is 13.1. The normalized spacial score (nSPS) is 16.2. The maximum Gasteiger partial charge on any atom is 0.255 e. The summed E-state index contributed by atoms with van der Waals surface area (Å²) in [5, 5.41) is 7.47. The Kier molecular flexibility index (Phi) is 5.23. The standard InChI is InChI=1S/C21H22N4O3/c1-27-19-6-2-3-7-20(19)28-14-17-11-18(24-23-17)16-8-10-25(13-16)21(26)15-5-4-9-22-12-15/h2-7,9,11-12,16H,8,10,13-14H2,1H3,(H,23,24)/t16-/m1/s1. The molecule has 0 spiro atoms. The van der Waals surface area contributed by atoms with Gasteiger partial charge in [-0.1, -0.05) is 12.1 Å². The number of nitrogens with zero attached hydrogens (tertiary/aromatic N) is 3. The van der Waals surface area contributed by atoms with Gasteiger partial charge in [0.05, 0.1) is 24.1 Å². The summed E-state index contributed by atoms with van der Waals surface area (Å²) in [7, 11) is 1.62. The molecule has 0 saturated carbocycles. The first-order valence-corrected chi connectivity index (χ1v) is 9.24. The molecule has 7 heteroatoms. The fourth-order valence-corrected chi connectivity index (χ4v) is 3.41. The lowest BCUT2D eigenvalue weighted by molar-refractivity contribution is 0.0790. The van der Waals surface area contributed by atoms with Crippen LogP contribution in [0.5, 0.6) is 11.5 Å². The Hall–Kier alpha value is -3.35. The number of amides is 1. The summed E-state index contributed by atoms with van der Waals surface area (Å²) in [6.07, 6.45) is 4.17. The zero-order valence-electron chi connectivity index (χ0n) is 15.7. The highest BCUT2D eigenvalue weighted by Crippen LogP contribution is 2.29. The molecule has 0 radical (unpaired) electrons. The van der Waals surface area contributed by atoms with Gasteiger partial charge in [-0.05, 0) is 36.8 Å². The number of methoxy groups -OCH3 is 1. The van der Waals surface area contributed by atoms with Gasteiger partial charge in [-0.2, -0.15) is 5.10 Å². The van der Waals surface area contributed by atoms with Crippen LogP contribution < -0.4 is 9.47 Å². The first-order chi connectivity index (χ1) is 13.7. The molecule has 1 aromatic carbocycles. The molecule has 7 nitrogen and oxygen atoms in total. The second-order valence-electron chi connectivity index (χ2n) is 6.74. The molecule has 1 aliphatic heterocycles. The van der Waals surface area contributed by atoms with E-state index < -0.39 is 0 Å². The van der Waals surface area contributed by atoms with Crippen LogP contribution in [0.2, 0.25) is 0 Å². The summed E-state index contributed by atoms with van der Waals surface area (Å²) in [4.78, 5) is 18.5.